The van der Waals surface area contributed by atoms with E-state index in [-0.39, 0.29) is 6.09 Å². The second-order valence-corrected chi connectivity index (χ2v) is 8.40. The summed E-state index contributed by atoms with van der Waals surface area (Å²) in [5.74, 6) is 0. The number of amides is 1. The van der Waals surface area contributed by atoms with Crippen molar-refractivity contribution in [1.82, 2.24) is 14.7 Å². The standard InChI is InChI=1S/C19H23Cl2N3O2/c1-12-15-7-8-23(18(25)26-19(2,3)4)11-17(15)24(22-12)10-13-5-6-14(20)9-16(13)21/h5-6,9H,7-8,10-11H2,1-4H3. The molecule has 1 aliphatic rings. The Labute approximate surface area is 163 Å². The van der Waals surface area contributed by atoms with Crippen molar-refractivity contribution in [2.75, 3.05) is 6.54 Å². The topological polar surface area (TPSA) is 47.4 Å². The SMILES string of the molecule is Cc1nn(Cc2ccc(Cl)cc2Cl)c2c1CCN(C(=O)OC(C)(C)C)C2. The Morgan fingerprint density at radius 1 is 1.31 bits per heavy atom. The summed E-state index contributed by atoms with van der Waals surface area (Å²) >= 11 is 12.3. The van der Waals surface area contributed by atoms with Gasteiger partial charge in [0.2, 0.25) is 0 Å². The molecule has 0 aliphatic carbocycles. The minimum atomic E-state index is -0.510. The highest BCUT2D eigenvalue weighted by atomic mass is 35.5. The summed E-state index contributed by atoms with van der Waals surface area (Å²) in [6, 6.07) is 5.45. The summed E-state index contributed by atoms with van der Waals surface area (Å²) in [7, 11) is 0. The van der Waals surface area contributed by atoms with Gasteiger partial charge in [0.05, 0.1) is 24.5 Å². The largest absolute Gasteiger partial charge is 0.444 e. The molecule has 0 N–H and O–H groups in total. The number of halogens is 2. The lowest BCUT2D eigenvalue weighted by atomic mass is 10.1. The van der Waals surface area contributed by atoms with E-state index in [1.54, 1.807) is 11.0 Å². The van der Waals surface area contributed by atoms with Gasteiger partial charge in [0.25, 0.3) is 0 Å². The summed E-state index contributed by atoms with van der Waals surface area (Å²) in [6.45, 7) is 9.27. The highest BCUT2D eigenvalue weighted by Gasteiger charge is 2.29. The normalized spacial score (nSPS) is 14.3. The summed E-state index contributed by atoms with van der Waals surface area (Å²) in [5, 5.41) is 5.88. The Hall–Kier alpha value is -1.72. The molecule has 5 nitrogen and oxygen atoms in total. The Bertz CT molecular complexity index is 840. The first-order valence-electron chi connectivity index (χ1n) is 8.61. The molecule has 2 heterocycles. The summed E-state index contributed by atoms with van der Waals surface area (Å²) in [4.78, 5) is 14.2. The molecule has 7 heteroatoms. The average Bonchev–Trinajstić information content (AvgIpc) is 2.84. The van der Waals surface area contributed by atoms with Gasteiger partial charge in [0, 0.05) is 16.6 Å². The lowest BCUT2D eigenvalue weighted by Gasteiger charge is -2.30. The average molecular weight is 396 g/mol. The molecule has 0 radical (unpaired) electrons. The van der Waals surface area contributed by atoms with Crippen LogP contribution in [0.4, 0.5) is 4.79 Å². The predicted molar refractivity (Wildman–Crippen MR) is 103 cm³/mol. The minimum absolute atomic E-state index is 0.293. The van der Waals surface area contributed by atoms with E-state index in [9.17, 15) is 4.79 Å². The van der Waals surface area contributed by atoms with Crippen LogP contribution in [0, 0.1) is 6.92 Å². The van der Waals surface area contributed by atoms with Crippen molar-refractivity contribution in [3.05, 3.63) is 50.8 Å². The van der Waals surface area contributed by atoms with E-state index in [1.807, 2.05) is 44.5 Å². The highest BCUT2D eigenvalue weighted by molar-refractivity contribution is 6.35. The monoisotopic (exact) mass is 395 g/mol. The fourth-order valence-electron chi connectivity index (χ4n) is 3.10. The maximum atomic E-state index is 12.4. The molecule has 0 fully saturated rings. The van der Waals surface area contributed by atoms with Gasteiger partial charge < -0.3 is 9.64 Å². The summed E-state index contributed by atoms with van der Waals surface area (Å²) < 4.78 is 7.44. The van der Waals surface area contributed by atoms with Crippen LogP contribution < -0.4 is 0 Å². The fraction of sp³-hybridized carbons (Fsp3) is 0.474. The lowest BCUT2D eigenvalue weighted by molar-refractivity contribution is 0.0219. The molecule has 1 aromatic heterocycles. The molecule has 1 aromatic carbocycles. The maximum Gasteiger partial charge on any atom is 0.410 e. The molecule has 0 saturated heterocycles. The lowest BCUT2D eigenvalue weighted by Crippen LogP contribution is -2.40. The van der Waals surface area contributed by atoms with Gasteiger partial charge in [-0.05, 0) is 57.4 Å². The molecule has 0 saturated carbocycles. The Morgan fingerprint density at radius 2 is 2.04 bits per heavy atom. The van der Waals surface area contributed by atoms with Crippen LogP contribution in [0.1, 0.15) is 43.3 Å². The van der Waals surface area contributed by atoms with E-state index < -0.39 is 5.60 Å². The third-order valence-electron chi connectivity index (χ3n) is 4.33. The number of aromatic nitrogens is 2. The Balaban J connectivity index is 1.84. The Kier molecular flexibility index (Phi) is 5.22. The molecule has 3 rings (SSSR count). The van der Waals surface area contributed by atoms with Crippen molar-refractivity contribution in [3.8, 4) is 0 Å². The summed E-state index contributed by atoms with van der Waals surface area (Å²) in [6.07, 6.45) is 0.479. The van der Waals surface area contributed by atoms with Crippen molar-refractivity contribution >= 4 is 29.3 Å². The highest BCUT2D eigenvalue weighted by Crippen LogP contribution is 2.27. The Morgan fingerprint density at radius 3 is 2.69 bits per heavy atom. The van der Waals surface area contributed by atoms with Crippen molar-refractivity contribution in [1.29, 1.82) is 0 Å². The number of carbonyl (C=O) groups is 1. The van der Waals surface area contributed by atoms with Crippen LogP contribution in [0.5, 0.6) is 0 Å². The summed E-state index contributed by atoms with van der Waals surface area (Å²) in [5.41, 5.74) is 3.66. The number of fused-ring (bicyclic) bond motifs is 1. The molecular weight excluding hydrogens is 373 g/mol. The molecule has 1 aliphatic heterocycles. The number of benzene rings is 1. The van der Waals surface area contributed by atoms with E-state index in [2.05, 4.69) is 5.10 Å². The smallest absolute Gasteiger partial charge is 0.410 e. The first-order chi connectivity index (χ1) is 12.1. The van der Waals surface area contributed by atoms with Crippen LogP contribution in [0.3, 0.4) is 0 Å². The third-order valence-corrected chi connectivity index (χ3v) is 4.91. The van der Waals surface area contributed by atoms with Crippen LogP contribution in [0.25, 0.3) is 0 Å². The minimum Gasteiger partial charge on any atom is -0.444 e. The number of rotatable bonds is 2. The molecule has 0 spiro atoms. The molecule has 0 unspecified atom stereocenters. The maximum absolute atomic E-state index is 12.4. The van der Waals surface area contributed by atoms with Gasteiger partial charge in [-0.25, -0.2) is 4.79 Å². The van der Waals surface area contributed by atoms with Gasteiger partial charge in [0.15, 0.2) is 0 Å². The van der Waals surface area contributed by atoms with Gasteiger partial charge in [-0.1, -0.05) is 29.3 Å². The molecule has 140 valence electrons. The first kappa shape index (κ1) is 19.1. The van der Waals surface area contributed by atoms with Crippen LogP contribution in [-0.4, -0.2) is 32.9 Å². The number of ether oxygens (including phenoxy) is 1. The number of nitrogens with zero attached hydrogens (tertiary/aromatic N) is 3. The van der Waals surface area contributed by atoms with Gasteiger partial charge in [-0.3, -0.25) is 4.68 Å². The third kappa shape index (κ3) is 4.15. The fourth-order valence-corrected chi connectivity index (χ4v) is 3.57. The second kappa shape index (κ2) is 7.12. The molecule has 26 heavy (non-hydrogen) atoms. The number of carbonyl (C=O) groups excluding carboxylic acids is 1. The van der Waals surface area contributed by atoms with E-state index >= 15 is 0 Å². The quantitative estimate of drug-likeness (QED) is 0.730. The van der Waals surface area contributed by atoms with Crippen molar-refractivity contribution < 1.29 is 9.53 Å². The molecule has 2 aromatic rings. The van der Waals surface area contributed by atoms with Crippen LogP contribution >= 0.6 is 23.2 Å². The van der Waals surface area contributed by atoms with E-state index in [0.29, 0.717) is 29.7 Å². The zero-order valence-electron chi connectivity index (χ0n) is 15.5. The van der Waals surface area contributed by atoms with E-state index in [4.69, 9.17) is 27.9 Å². The number of aryl methyl sites for hydroxylation is 1. The zero-order chi connectivity index (χ0) is 19.1. The van der Waals surface area contributed by atoms with Crippen LogP contribution in [0.2, 0.25) is 10.0 Å². The molecule has 1 amide bonds. The molecule has 0 atom stereocenters. The van der Waals surface area contributed by atoms with E-state index in [1.165, 1.54) is 5.56 Å². The molecule has 0 bridgehead atoms. The van der Waals surface area contributed by atoms with Crippen LogP contribution in [0.15, 0.2) is 18.2 Å². The predicted octanol–water partition coefficient (Wildman–Crippen LogP) is 4.84. The van der Waals surface area contributed by atoms with Gasteiger partial charge in [-0.2, -0.15) is 5.10 Å². The van der Waals surface area contributed by atoms with Crippen LogP contribution in [-0.2, 0) is 24.2 Å². The van der Waals surface area contributed by atoms with Crippen molar-refractivity contribution in [2.24, 2.45) is 0 Å². The van der Waals surface area contributed by atoms with Crippen molar-refractivity contribution in [3.63, 3.8) is 0 Å². The van der Waals surface area contributed by atoms with Gasteiger partial charge in [0.1, 0.15) is 5.60 Å². The zero-order valence-corrected chi connectivity index (χ0v) is 17.0. The van der Waals surface area contributed by atoms with Gasteiger partial charge >= 0.3 is 6.09 Å². The molecular formula is C19H23Cl2N3O2. The van der Waals surface area contributed by atoms with E-state index in [0.717, 1.165) is 23.4 Å². The van der Waals surface area contributed by atoms with Gasteiger partial charge in [-0.15, -0.1) is 0 Å². The number of hydrogen-bond acceptors (Lipinski definition) is 3. The first-order valence-corrected chi connectivity index (χ1v) is 9.36. The number of hydrogen-bond donors (Lipinski definition) is 0. The van der Waals surface area contributed by atoms with Crippen molar-refractivity contribution in [2.45, 2.75) is 52.8 Å². The second-order valence-electron chi connectivity index (χ2n) is 7.56.